The smallest absolute Gasteiger partial charge is 0.325 e. The van der Waals surface area contributed by atoms with Crippen molar-refractivity contribution in [3.8, 4) is 0 Å². The van der Waals surface area contributed by atoms with Gasteiger partial charge >= 0.3 is 18.0 Å². The summed E-state index contributed by atoms with van der Waals surface area (Å²) in [6.45, 7) is 4.73. The van der Waals surface area contributed by atoms with Gasteiger partial charge in [-0.25, -0.2) is 4.79 Å². The molecule has 0 aliphatic carbocycles. The van der Waals surface area contributed by atoms with Crippen LogP contribution >= 0.6 is 0 Å². The van der Waals surface area contributed by atoms with Crippen molar-refractivity contribution >= 4 is 18.0 Å². The summed E-state index contributed by atoms with van der Waals surface area (Å²) >= 11 is 0. The topological polar surface area (TPSA) is 87.2 Å². The summed E-state index contributed by atoms with van der Waals surface area (Å²) in [6.07, 6.45) is 0. The molecule has 18 heavy (non-hydrogen) atoms. The van der Waals surface area contributed by atoms with E-state index in [4.69, 9.17) is 9.84 Å². The lowest BCUT2D eigenvalue weighted by Gasteiger charge is -2.29. The highest BCUT2D eigenvalue weighted by Gasteiger charge is 2.24. The van der Waals surface area contributed by atoms with E-state index in [9.17, 15) is 14.4 Å². The number of aliphatic carboxylic acids is 1. The number of hydrogen-bond donors (Lipinski definition) is 1. The van der Waals surface area contributed by atoms with Gasteiger partial charge in [0.15, 0.2) is 0 Å². The van der Waals surface area contributed by atoms with Crippen LogP contribution in [0.4, 0.5) is 4.79 Å². The average Bonchev–Trinajstić information content (AvgIpc) is 2.24. The Morgan fingerprint density at radius 3 is 2.17 bits per heavy atom. The zero-order valence-electron chi connectivity index (χ0n) is 11.2. The first-order valence-corrected chi connectivity index (χ1v) is 5.68. The predicted molar refractivity (Wildman–Crippen MR) is 64.1 cm³/mol. The van der Waals surface area contributed by atoms with Gasteiger partial charge in [-0.15, -0.1) is 0 Å². The molecule has 7 nitrogen and oxygen atoms in total. The van der Waals surface area contributed by atoms with Crippen molar-refractivity contribution in [1.82, 2.24) is 9.80 Å². The molecule has 0 fully saturated rings. The Hall–Kier alpha value is -1.79. The van der Waals surface area contributed by atoms with Crippen LogP contribution in [0.5, 0.6) is 0 Å². The molecule has 0 unspecified atom stereocenters. The third kappa shape index (κ3) is 5.51. The van der Waals surface area contributed by atoms with Gasteiger partial charge in [0.05, 0.1) is 6.61 Å². The molecule has 0 heterocycles. The van der Waals surface area contributed by atoms with Crippen LogP contribution in [-0.2, 0) is 14.3 Å². The number of carboxylic acid groups (broad SMARTS) is 1. The van der Waals surface area contributed by atoms with Crippen molar-refractivity contribution in [2.75, 3.05) is 26.7 Å². The molecule has 0 rings (SSSR count). The van der Waals surface area contributed by atoms with E-state index < -0.39 is 24.5 Å². The zero-order valence-corrected chi connectivity index (χ0v) is 11.2. The van der Waals surface area contributed by atoms with Gasteiger partial charge in [0.1, 0.15) is 13.1 Å². The van der Waals surface area contributed by atoms with Gasteiger partial charge < -0.3 is 19.6 Å². The zero-order chi connectivity index (χ0) is 14.3. The van der Waals surface area contributed by atoms with Crippen molar-refractivity contribution in [2.45, 2.75) is 26.8 Å². The molecule has 0 radical (unpaired) electrons. The highest BCUT2D eigenvalue weighted by Crippen LogP contribution is 2.03. The molecular formula is C11H20N2O5. The van der Waals surface area contributed by atoms with Gasteiger partial charge in [-0.2, -0.15) is 0 Å². The van der Waals surface area contributed by atoms with Crippen molar-refractivity contribution < 1.29 is 24.2 Å². The van der Waals surface area contributed by atoms with Crippen LogP contribution in [0.3, 0.4) is 0 Å². The Labute approximate surface area is 106 Å². The second-order valence-corrected chi connectivity index (χ2v) is 4.06. The summed E-state index contributed by atoms with van der Waals surface area (Å²) in [5.74, 6) is -1.62. The lowest BCUT2D eigenvalue weighted by Crippen LogP contribution is -2.48. The van der Waals surface area contributed by atoms with Crippen LogP contribution in [0.15, 0.2) is 0 Å². The van der Waals surface area contributed by atoms with Gasteiger partial charge in [-0.05, 0) is 20.8 Å². The second kappa shape index (κ2) is 7.52. The third-order valence-corrected chi connectivity index (χ3v) is 2.17. The minimum atomic E-state index is -1.10. The van der Waals surface area contributed by atoms with Crippen molar-refractivity contribution in [1.29, 1.82) is 0 Å². The molecule has 104 valence electrons. The molecule has 0 aromatic heterocycles. The molecule has 2 amide bonds. The van der Waals surface area contributed by atoms with Crippen molar-refractivity contribution in [3.63, 3.8) is 0 Å². The van der Waals surface area contributed by atoms with Gasteiger partial charge in [0.25, 0.3) is 0 Å². The number of nitrogens with zero attached hydrogens (tertiary/aromatic N) is 2. The minimum Gasteiger partial charge on any atom is -0.480 e. The number of esters is 1. The number of carbonyl (C=O) groups excluding carboxylic acids is 2. The number of rotatable bonds is 6. The van der Waals surface area contributed by atoms with Crippen molar-refractivity contribution in [2.24, 2.45) is 0 Å². The molecule has 0 saturated heterocycles. The number of carboxylic acids is 1. The fourth-order valence-electron chi connectivity index (χ4n) is 1.30. The second-order valence-electron chi connectivity index (χ2n) is 4.06. The summed E-state index contributed by atoms with van der Waals surface area (Å²) in [7, 11) is 1.43. The fourth-order valence-corrected chi connectivity index (χ4v) is 1.30. The highest BCUT2D eigenvalue weighted by atomic mass is 16.5. The van der Waals surface area contributed by atoms with Gasteiger partial charge in [0.2, 0.25) is 0 Å². The van der Waals surface area contributed by atoms with E-state index in [-0.39, 0.29) is 19.2 Å². The standard InChI is InChI=1S/C11H20N2O5/c1-5-18-10(16)7-12(4)11(17)13(8(2)3)6-9(14)15/h8H,5-7H2,1-4H3,(H,14,15). The van der Waals surface area contributed by atoms with E-state index in [1.54, 1.807) is 20.8 Å². The van der Waals surface area contributed by atoms with Crippen LogP contribution in [0, 0.1) is 0 Å². The van der Waals surface area contributed by atoms with Crippen LogP contribution in [-0.4, -0.2) is 65.7 Å². The first-order chi connectivity index (χ1) is 8.29. The van der Waals surface area contributed by atoms with E-state index >= 15 is 0 Å². The van der Waals surface area contributed by atoms with Gasteiger partial charge in [0, 0.05) is 13.1 Å². The van der Waals surface area contributed by atoms with Crippen LogP contribution in [0.2, 0.25) is 0 Å². The molecule has 7 heteroatoms. The van der Waals surface area contributed by atoms with E-state index in [0.717, 1.165) is 4.90 Å². The molecule has 0 spiro atoms. The molecule has 1 N–H and O–H groups in total. The number of hydrogen-bond acceptors (Lipinski definition) is 4. The maximum absolute atomic E-state index is 11.9. The molecule has 0 aromatic carbocycles. The number of carbonyl (C=O) groups is 3. The van der Waals surface area contributed by atoms with E-state index in [1.807, 2.05) is 0 Å². The quantitative estimate of drug-likeness (QED) is 0.698. The summed E-state index contributed by atoms with van der Waals surface area (Å²) < 4.78 is 4.72. The molecule has 0 atom stereocenters. The molecule has 0 aromatic rings. The maximum Gasteiger partial charge on any atom is 0.325 e. The first-order valence-electron chi connectivity index (χ1n) is 5.68. The molecule has 0 aliphatic heterocycles. The van der Waals surface area contributed by atoms with Gasteiger partial charge in [-0.3, -0.25) is 9.59 Å². The van der Waals surface area contributed by atoms with Crippen molar-refractivity contribution in [3.05, 3.63) is 0 Å². The molecular weight excluding hydrogens is 240 g/mol. The molecule has 0 bridgehead atoms. The SMILES string of the molecule is CCOC(=O)CN(C)C(=O)N(CC(=O)O)C(C)C. The number of amides is 2. The monoisotopic (exact) mass is 260 g/mol. The highest BCUT2D eigenvalue weighted by molar-refractivity contribution is 5.83. The summed E-state index contributed by atoms with van der Waals surface area (Å²) in [5.41, 5.74) is 0. The lowest BCUT2D eigenvalue weighted by molar-refractivity contribution is -0.143. The predicted octanol–water partition coefficient (Wildman–Crippen LogP) is 0.396. The Morgan fingerprint density at radius 1 is 1.22 bits per heavy atom. The average molecular weight is 260 g/mol. The summed E-state index contributed by atoms with van der Waals surface area (Å²) in [6, 6.07) is -0.779. The lowest BCUT2D eigenvalue weighted by atomic mass is 10.3. The Morgan fingerprint density at radius 2 is 1.78 bits per heavy atom. The third-order valence-electron chi connectivity index (χ3n) is 2.17. The molecule has 0 aliphatic rings. The maximum atomic E-state index is 11.9. The summed E-state index contributed by atoms with van der Waals surface area (Å²) in [4.78, 5) is 36.1. The van der Waals surface area contributed by atoms with Crippen LogP contribution in [0.1, 0.15) is 20.8 Å². The van der Waals surface area contributed by atoms with E-state index in [1.165, 1.54) is 11.9 Å². The largest absolute Gasteiger partial charge is 0.480 e. The minimum absolute atomic E-state index is 0.199. The normalized spacial score (nSPS) is 10.1. The number of ether oxygens (including phenoxy) is 1. The number of urea groups is 1. The van der Waals surface area contributed by atoms with Crippen LogP contribution < -0.4 is 0 Å². The summed E-state index contributed by atoms with van der Waals surface area (Å²) in [5, 5.41) is 8.73. The van der Waals surface area contributed by atoms with E-state index in [2.05, 4.69) is 0 Å². The Bertz CT molecular complexity index is 317. The Balaban J connectivity index is 4.56. The Kier molecular flexibility index (Phi) is 6.77. The van der Waals surface area contributed by atoms with Crippen LogP contribution in [0.25, 0.3) is 0 Å². The van der Waals surface area contributed by atoms with E-state index in [0.29, 0.717) is 0 Å². The number of likely N-dealkylation sites (N-methyl/N-ethyl adjacent to an activating group) is 1. The molecule has 0 saturated carbocycles. The first kappa shape index (κ1) is 16.2. The van der Waals surface area contributed by atoms with Gasteiger partial charge in [-0.1, -0.05) is 0 Å². The fraction of sp³-hybridized carbons (Fsp3) is 0.727.